The predicted octanol–water partition coefficient (Wildman–Crippen LogP) is -1.70. The Kier molecular flexibility index (Phi) is 3.94. The summed E-state index contributed by atoms with van der Waals surface area (Å²) in [7, 11) is 15.6. The molecule has 0 unspecified atom stereocenters. The molecule has 0 radical (unpaired) electrons. The monoisotopic (exact) mass is 252 g/mol. The van der Waals surface area contributed by atoms with E-state index in [1.165, 1.54) is 0 Å². The van der Waals surface area contributed by atoms with Crippen LogP contribution in [0.2, 0.25) is 0 Å². The van der Waals surface area contributed by atoms with Crippen molar-refractivity contribution in [2.45, 2.75) is 0 Å². The summed E-state index contributed by atoms with van der Waals surface area (Å²) in [5, 5.41) is 1.64. The third-order valence-corrected chi connectivity index (χ3v) is 2.78. The van der Waals surface area contributed by atoms with Crippen LogP contribution in [0.25, 0.3) is 11.6 Å². The predicted molar refractivity (Wildman–Crippen MR) is 75.9 cm³/mol. The first-order valence-electron chi connectivity index (χ1n) is 5.93. The Balaban J connectivity index is 3.65. The molecule has 0 amide bonds. The van der Waals surface area contributed by atoms with Crippen molar-refractivity contribution in [2.75, 3.05) is 56.4 Å². The molecule has 5 nitrogen and oxygen atoms in total. The topological polar surface area (TPSA) is 30.0 Å². The van der Waals surface area contributed by atoms with Crippen LogP contribution in [0.1, 0.15) is 0 Å². The van der Waals surface area contributed by atoms with E-state index >= 15 is 0 Å². The van der Waals surface area contributed by atoms with Crippen molar-refractivity contribution in [3.05, 3.63) is 20.7 Å². The Bertz CT molecular complexity index is 478. The first-order valence-corrected chi connectivity index (χ1v) is 5.93. The quantitative estimate of drug-likeness (QED) is 0.637. The molecule has 0 aliphatic carbocycles. The first kappa shape index (κ1) is 14.4. The molecule has 102 valence electrons. The highest BCUT2D eigenvalue weighted by Crippen LogP contribution is 2.02. The molecule has 0 spiro atoms. The van der Waals surface area contributed by atoms with E-state index in [1.54, 1.807) is 0 Å². The van der Waals surface area contributed by atoms with Crippen LogP contribution < -0.4 is 15.9 Å². The van der Waals surface area contributed by atoms with E-state index < -0.39 is 0 Å². The number of hydrogen-bond donors (Lipinski definition) is 0. The van der Waals surface area contributed by atoms with Crippen LogP contribution in [-0.2, 0) is 0 Å². The van der Waals surface area contributed by atoms with Gasteiger partial charge in [-0.25, -0.2) is 0 Å². The molecule has 0 saturated carbocycles. The molecule has 1 aromatic rings. The van der Waals surface area contributed by atoms with Gasteiger partial charge < -0.3 is 19.6 Å². The Morgan fingerprint density at radius 2 is 0.833 bits per heavy atom. The summed E-state index contributed by atoms with van der Waals surface area (Å²) in [6.45, 7) is 0. The van der Waals surface area contributed by atoms with Crippen molar-refractivity contribution in [3.8, 4) is 0 Å². The lowest BCUT2D eigenvalue weighted by Crippen LogP contribution is -2.33. The summed E-state index contributed by atoms with van der Waals surface area (Å²) < 4.78 is 0. The van der Waals surface area contributed by atoms with Crippen LogP contribution >= 0.6 is 0 Å². The molecule has 0 heterocycles. The molecule has 0 aliphatic heterocycles. The Morgan fingerprint density at radius 3 is 1.00 bits per heavy atom. The van der Waals surface area contributed by atoms with E-state index in [0.29, 0.717) is 0 Å². The summed E-state index contributed by atoms with van der Waals surface area (Å²) in [5.41, 5.74) is 0.143. The van der Waals surface area contributed by atoms with Gasteiger partial charge in [0.1, 0.15) is 11.6 Å². The van der Waals surface area contributed by atoms with Gasteiger partial charge in [0.15, 0.2) is 0 Å². The first-order chi connectivity index (χ1) is 8.20. The summed E-state index contributed by atoms with van der Waals surface area (Å²) in [6.07, 6.45) is 0. The average molecular weight is 252 g/mol. The smallest absolute Gasteiger partial charge is 0.202 e. The van der Waals surface area contributed by atoms with Gasteiger partial charge in [-0.15, -0.1) is 0 Å². The second-order valence-electron chi connectivity index (χ2n) is 5.30. The number of rotatable bonds is 4. The van der Waals surface area contributed by atoms with Crippen molar-refractivity contribution in [1.29, 1.82) is 0 Å². The molecule has 1 rings (SSSR count). The van der Waals surface area contributed by atoms with Crippen molar-refractivity contribution >= 4 is 11.6 Å². The molecule has 0 fully saturated rings. The molecule has 0 bridgehead atoms. The highest BCUT2D eigenvalue weighted by Gasteiger charge is 2.21. The second kappa shape index (κ2) is 4.92. The fourth-order valence-electron chi connectivity index (χ4n) is 2.29. The van der Waals surface area contributed by atoms with Crippen LogP contribution in [0.5, 0.6) is 0 Å². The van der Waals surface area contributed by atoms with Gasteiger partial charge in [-0.3, -0.25) is 4.79 Å². The highest BCUT2D eigenvalue weighted by atomic mass is 16.1. The largest absolute Gasteiger partial charge is 0.364 e. The van der Waals surface area contributed by atoms with Crippen molar-refractivity contribution < 1.29 is 0 Å². The maximum absolute atomic E-state index is 12.1. The van der Waals surface area contributed by atoms with Gasteiger partial charge in [0.05, 0.1) is 10.4 Å². The van der Waals surface area contributed by atoms with E-state index in [4.69, 9.17) is 0 Å². The Morgan fingerprint density at radius 1 is 0.611 bits per heavy atom. The fraction of sp³-hybridized carbons (Fsp3) is 0.615. The standard InChI is InChI=1S/C13H24N4O/c1-14(2)12(15(3)4)9-10(11(9)18)13(16(5)6)17(7)8/h1-8H3. The third-order valence-electron chi connectivity index (χ3n) is 2.78. The van der Waals surface area contributed by atoms with Crippen LogP contribution in [-0.4, -0.2) is 76.0 Å². The minimum absolute atomic E-state index is 0.143. The highest BCUT2D eigenvalue weighted by molar-refractivity contribution is 5.52. The van der Waals surface area contributed by atoms with Gasteiger partial charge in [0.25, 0.3) is 0 Å². The van der Waals surface area contributed by atoms with Gasteiger partial charge in [-0.1, -0.05) is 0 Å². The average Bonchev–Trinajstić information content (AvgIpc) is 2.76. The zero-order valence-electron chi connectivity index (χ0n) is 12.7. The number of hydrogen-bond acceptors (Lipinski definition) is 5. The second-order valence-corrected chi connectivity index (χ2v) is 5.30. The lowest BCUT2D eigenvalue weighted by Gasteiger charge is -2.24. The van der Waals surface area contributed by atoms with Crippen molar-refractivity contribution in [2.24, 2.45) is 0 Å². The van der Waals surface area contributed by atoms with Crippen LogP contribution in [0.15, 0.2) is 4.79 Å². The molecule has 0 atom stereocenters. The van der Waals surface area contributed by atoms with Gasteiger partial charge >= 0.3 is 0 Å². The van der Waals surface area contributed by atoms with E-state index in [0.717, 1.165) is 22.1 Å². The molecule has 0 aliphatic rings. The van der Waals surface area contributed by atoms with E-state index in [1.807, 2.05) is 76.0 Å². The summed E-state index contributed by atoms with van der Waals surface area (Å²) in [4.78, 5) is 20.0. The third kappa shape index (κ3) is 2.44. The van der Waals surface area contributed by atoms with E-state index in [9.17, 15) is 4.79 Å². The van der Waals surface area contributed by atoms with Crippen LogP contribution in [0.4, 0.5) is 0 Å². The molecular formula is C13H24N4O. The lowest BCUT2D eigenvalue weighted by atomic mass is 10.5. The molecular weight excluding hydrogens is 228 g/mol. The van der Waals surface area contributed by atoms with Crippen LogP contribution in [0, 0.1) is 0 Å². The normalized spacial score (nSPS) is 10.4. The van der Waals surface area contributed by atoms with Crippen molar-refractivity contribution in [3.63, 3.8) is 0 Å². The fourth-order valence-corrected chi connectivity index (χ4v) is 2.29. The van der Waals surface area contributed by atoms with Gasteiger partial charge in [-0.05, 0) is 0 Å². The number of nitrogens with zero attached hydrogens (tertiary/aromatic N) is 4. The minimum atomic E-state index is 0.143. The summed E-state index contributed by atoms with van der Waals surface area (Å²) in [5.74, 6) is 1.91. The van der Waals surface area contributed by atoms with Gasteiger partial charge in [0.2, 0.25) is 5.43 Å². The summed E-state index contributed by atoms with van der Waals surface area (Å²) in [6, 6.07) is 0. The SMILES string of the molecule is CN(C)C(=c1c(=O)c1=C(N(C)C)N(C)C)N(C)C. The maximum Gasteiger partial charge on any atom is 0.202 e. The van der Waals surface area contributed by atoms with Crippen LogP contribution in [0.3, 0.4) is 0 Å². The molecule has 0 aromatic heterocycles. The molecule has 0 N–H and O–H groups in total. The Hall–Kier alpha value is -1.65. The molecule has 0 saturated heterocycles. The summed E-state index contributed by atoms with van der Waals surface area (Å²) >= 11 is 0. The Labute approximate surface area is 109 Å². The van der Waals surface area contributed by atoms with Gasteiger partial charge in [0, 0.05) is 56.4 Å². The lowest BCUT2D eigenvalue weighted by molar-refractivity contribution is 0.427. The molecule has 18 heavy (non-hydrogen) atoms. The van der Waals surface area contributed by atoms with Crippen molar-refractivity contribution in [1.82, 2.24) is 19.6 Å². The zero-order valence-corrected chi connectivity index (χ0v) is 12.7. The van der Waals surface area contributed by atoms with E-state index in [2.05, 4.69) is 0 Å². The maximum atomic E-state index is 12.1. The minimum Gasteiger partial charge on any atom is -0.364 e. The van der Waals surface area contributed by atoms with E-state index in [-0.39, 0.29) is 5.43 Å². The molecule has 5 heteroatoms. The molecule has 1 aromatic carbocycles. The zero-order chi connectivity index (χ0) is 14.2. The van der Waals surface area contributed by atoms with Gasteiger partial charge in [-0.2, -0.15) is 0 Å².